The van der Waals surface area contributed by atoms with E-state index in [1.54, 1.807) is 0 Å². The maximum absolute atomic E-state index is 6.65. The third-order valence-electron chi connectivity index (χ3n) is 11.3. The molecule has 5 heteroatoms. The topological polar surface area (TPSA) is 51.8 Å². The van der Waals surface area contributed by atoms with Gasteiger partial charge in [-0.2, -0.15) is 0 Å². The summed E-state index contributed by atoms with van der Waals surface area (Å²) in [5.41, 5.74) is 8.84. The van der Waals surface area contributed by atoms with Crippen LogP contribution in [0.2, 0.25) is 0 Å². The van der Waals surface area contributed by atoms with E-state index in [-0.39, 0.29) is 0 Å². The van der Waals surface area contributed by atoms with Gasteiger partial charge in [0.2, 0.25) is 0 Å². The van der Waals surface area contributed by atoms with Gasteiger partial charge < -0.3 is 4.42 Å². The fraction of sp³-hybridized carbons (Fsp3) is 0. The van der Waals surface area contributed by atoms with Crippen molar-refractivity contribution < 1.29 is 4.42 Å². The lowest BCUT2D eigenvalue weighted by atomic mass is 9.95. The Balaban J connectivity index is 1.09. The Morgan fingerprint density at radius 3 is 1.71 bits per heavy atom. The summed E-state index contributed by atoms with van der Waals surface area (Å²) in [5.74, 6) is 1.81. The SMILES string of the molecule is c1ccc2cc(-c3ccc(-c4nc(-c5ccc6ccccc6c5)nc(-c5cc(-c6cccc7sc8ccccc8c67)cc6oc7ccccc7c56)n4)cc3)ccc2c1. The largest absolute Gasteiger partial charge is 0.456 e. The molecule has 9 aromatic carbocycles. The summed E-state index contributed by atoms with van der Waals surface area (Å²) in [5, 5.41) is 9.23. The quantitative estimate of drug-likeness (QED) is 0.175. The molecule has 12 aromatic rings. The van der Waals surface area contributed by atoms with Crippen molar-refractivity contribution in [1.82, 2.24) is 15.0 Å². The zero-order valence-electron chi connectivity index (χ0n) is 31.1. The zero-order valence-corrected chi connectivity index (χ0v) is 31.9. The summed E-state index contributed by atoms with van der Waals surface area (Å²) in [7, 11) is 0. The highest BCUT2D eigenvalue weighted by molar-refractivity contribution is 7.25. The Bertz CT molecular complexity index is 3580. The van der Waals surface area contributed by atoms with Crippen molar-refractivity contribution in [3.05, 3.63) is 188 Å². The van der Waals surface area contributed by atoms with Gasteiger partial charge in [-0.05, 0) is 86.3 Å². The van der Waals surface area contributed by atoms with Gasteiger partial charge in [0.15, 0.2) is 17.5 Å². The highest BCUT2D eigenvalue weighted by atomic mass is 32.1. The van der Waals surface area contributed by atoms with E-state index >= 15 is 0 Å². The van der Waals surface area contributed by atoms with Crippen molar-refractivity contribution in [3.8, 4) is 56.4 Å². The predicted octanol–water partition coefficient (Wildman–Crippen LogP) is 14.8. The molecule has 58 heavy (non-hydrogen) atoms. The van der Waals surface area contributed by atoms with Crippen LogP contribution in [0.25, 0.3) is 120 Å². The lowest BCUT2D eigenvalue weighted by molar-refractivity contribution is 0.669. The molecule has 0 atom stereocenters. The number of hydrogen-bond donors (Lipinski definition) is 0. The van der Waals surface area contributed by atoms with Gasteiger partial charge in [0.1, 0.15) is 11.2 Å². The van der Waals surface area contributed by atoms with Crippen LogP contribution in [-0.2, 0) is 0 Å². The van der Waals surface area contributed by atoms with Crippen molar-refractivity contribution in [3.63, 3.8) is 0 Å². The van der Waals surface area contributed by atoms with Gasteiger partial charge in [-0.1, -0.05) is 146 Å². The number of aromatic nitrogens is 3. The molecule has 0 aliphatic rings. The molecule has 4 nitrogen and oxygen atoms in total. The number of rotatable bonds is 5. The molecule has 0 fully saturated rings. The molecule has 270 valence electrons. The van der Waals surface area contributed by atoms with Gasteiger partial charge in [0.05, 0.1) is 0 Å². The van der Waals surface area contributed by atoms with Crippen LogP contribution in [-0.4, -0.2) is 15.0 Å². The molecule has 0 bridgehead atoms. The Labute approximate surface area is 337 Å². The summed E-state index contributed by atoms with van der Waals surface area (Å²) in [6.45, 7) is 0. The lowest BCUT2D eigenvalue weighted by Crippen LogP contribution is -2.01. The Morgan fingerprint density at radius 1 is 0.328 bits per heavy atom. The molecule has 0 aliphatic carbocycles. The molecule has 0 saturated carbocycles. The smallest absolute Gasteiger partial charge is 0.164 e. The number of hydrogen-bond acceptors (Lipinski definition) is 5. The Kier molecular flexibility index (Phi) is 7.37. The second kappa shape index (κ2) is 13.1. The molecule has 0 radical (unpaired) electrons. The average molecular weight is 758 g/mol. The van der Waals surface area contributed by atoms with E-state index in [0.717, 1.165) is 66.3 Å². The minimum atomic E-state index is 0.590. The first-order valence-electron chi connectivity index (χ1n) is 19.4. The van der Waals surface area contributed by atoms with Crippen LogP contribution in [0.3, 0.4) is 0 Å². The second-order valence-electron chi connectivity index (χ2n) is 14.8. The number of para-hydroxylation sites is 1. The summed E-state index contributed by atoms with van der Waals surface area (Å²) < 4.78 is 9.16. The van der Waals surface area contributed by atoms with Crippen molar-refractivity contribution in [1.29, 1.82) is 0 Å². The molecule has 0 saturated heterocycles. The molecule has 0 amide bonds. The number of thiophene rings is 1. The van der Waals surface area contributed by atoms with E-state index in [0.29, 0.717) is 17.5 Å². The number of fused-ring (bicyclic) bond motifs is 8. The second-order valence-corrected chi connectivity index (χ2v) is 15.9. The van der Waals surface area contributed by atoms with E-state index < -0.39 is 0 Å². The van der Waals surface area contributed by atoms with Crippen LogP contribution in [0.15, 0.2) is 192 Å². The molecule has 0 aliphatic heterocycles. The number of nitrogens with zero attached hydrogens (tertiary/aromatic N) is 3. The van der Waals surface area contributed by atoms with E-state index in [9.17, 15) is 0 Å². The first-order valence-corrected chi connectivity index (χ1v) is 20.2. The molecule has 12 rings (SSSR count). The summed E-state index contributed by atoms with van der Waals surface area (Å²) in [6.07, 6.45) is 0. The minimum absolute atomic E-state index is 0.590. The normalized spacial score (nSPS) is 11.8. The molecular weight excluding hydrogens is 727 g/mol. The number of benzene rings is 9. The summed E-state index contributed by atoms with van der Waals surface area (Å²) >= 11 is 1.82. The molecule has 3 heterocycles. The zero-order chi connectivity index (χ0) is 38.2. The van der Waals surface area contributed by atoms with Gasteiger partial charge in [-0.3, -0.25) is 0 Å². The van der Waals surface area contributed by atoms with E-state index in [4.69, 9.17) is 19.4 Å². The first kappa shape index (κ1) is 32.7. The van der Waals surface area contributed by atoms with Gasteiger partial charge in [0.25, 0.3) is 0 Å². The first-order chi connectivity index (χ1) is 28.7. The molecular formula is C53H31N3OS. The third-order valence-corrected chi connectivity index (χ3v) is 12.4. The average Bonchev–Trinajstić information content (AvgIpc) is 3.87. The van der Waals surface area contributed by atoms with Crippen LogP contribution >= 0.6 is 11.3 Å². The number of furan rings is 1. The monoisotopic (exact) mass is 757 g/mol. The predicted molar refractivity (Wildman–Crippen MR) is 242 cm³/mol. The van der Waals surface area contributed by atoms with Crippen molar-refractivity contribution >= 4 is 75.0 Å². The van der Waals surface area contributed by atoms with Crippen LogP contribution < -0.4 is 0 Å². The lowest BCUT2D eigenvalue weighted by Gasteiger charge is -2.12. The van der Waals surface area contributed by atoms with Gasteiger partial charge in [-0.15, -0.1) is 11.3 Å². The summed E-state index contributed by atoms with van der Waals surface area (Å²) in [6, 6.07) is 66.3. The van der Waals surface area contributed by atoms with Gasteiger partial charge in [-0.25, -0.2) is 15.0 Å². The van der Waals surface area contributed by atoms with Gasteiger partial charge in [0, 0.05) is 47.6 Å². The van der Waals surface area contributed by atoms with Crippen molar-refractivity contribution in [2.24, 2.45) is 0 Å². The highest BCUT2D eigenvalue weighted by Crippen LogP contribution is 2.44. The maximum atomic E-state index is 6.65. The van der Waals surface area contributed by atoms with Crippen LogP contribution in [0.4, 0.5) is 0 Å². The third kappa shape index (κ3) is 5.40. The Hall–Kier alpha value is -7.47. The molecule has 3 aromatic heterocycles. The molecule has 0 unspecified atom stereocenters. The van der Waals surface area contributed by atoms with E-state index in [1.807, 2.05) is 23.5 Å². The van der Waals surface area contributed by atoms with Crippen LogP contribution in [0.5, 0.6) is 0 Å². The van der Waals surface area contributed by atoms with Crippen LogP contribution in [0.1, 0.15) is 0 Å². The molecule has 0 N–H and O–H groups in total. The van der Waals surface area contributed by atoms with E-state index in [2.05, 4.69) is 176 Å². The van der Waals surface area contributed by atoms with Crippen molar-refractivity contribution in [2.45, 2.75) is 0 Å². The minimum Gasteiger partial charge on any atom is -0.456 e. The standard InChI is InChI=1S/C53H31N3OS/c1-3-12-36-28-38(26-22-32(36)10-1)34-20-24-35(25-21-34)51-54-52(39-27-23-33-11-2-4-13-37(33)29-39)56-53(55-51)44-30-40(31-46-49(44)42-14-5-7-17-45(42)57-46)41-16-9-19-48-50(41)43-15-6-8-18-47(43)58-48/h1-31H. The maximum Gasteiger partial charge on any atom is 0.164 e. The highest BCUT2D eigenvalue weighted by Gasteiger charge is 2.21. The van der Waals surface area contributed by atoms with Crippen molar-refractivity contribution in [2.75, 3.05) is 0 Å². The fourth-order valence-electron chi connectivity index (χ4n) is 8.47. The fourth-order valence-corrected chi connectivity index (χ4v) is 9.60. The van der Waals surface area contributed by atoms with Crippen LogP contribution in [0, 0.1) is 0 Å². The van der Waals surface area contributed by atoms with Gasteiger partial charge >= 0.3 is 0 Å². The van der Waals surface area contributed by atoms with E-state index in [1.165, 1.54) is 36.3 Å². The Morgan fingerprint density at radius 2 is 0.914 bits per heavy atom. The molecule has 0 spiro atoms. The summed E-state index contributed by atoms with van der Waals surface area (Å²) in [4.78, 5) is 15.8.